The van der Waals surface area contributed by atoms with Crippen LogP contribution in [0.25, 0.3) is 0 Å². The van der Waals surface area contributed by atoms with Crippen LogP contribution in [0.1, 0.15) is 112 Å². The third-order valence-corrected chi connectivity index (χ3v) is 5.82. The molecule has 2 aromatic carbocycles. The molecule has 2 aromatic rings. The van der Waals surface area contributed by atoms with Gasteiger partial charge in [0.05, 0.1) is 11.1 Å². The minimum Gasteiger partial charge on any atom is -0.459 e. The molecule has 0 saturated carbocycles. The minimum atomic E-state index is -0.363. The summed E-state index contributed by atoms with van der Waals surface area (Å²) in [5, 5.41) is 0. The van der Waals surface area contributed by atoms with Gasteiger partial charge in [-0.25, -0.2) is 9.59 Å². The summed E-state index contributed by atoms with van der Waals surface area (Å²) in [6.07, 6.45) is 14.5. The van der Waals surface area contributed by atoms with Gasteiger partial charge >= 0.3 is 11.9 Å². The predicted molar refractivity (Wildman–Crippen MR) is 149 cm³/mol. The SMILES string of the molecule is C=CCCCCCCCCC.CCCC(CC(C)OC(=O)c1ccccc1)OC(=O)c1ccccc1. The largest absolute Gasteiger partial charge is 0.459 e. The van der Waals surface area contributed by atoms with Gasteiger partial charge in [0.2, 0.25) is 0 Å². The number of ether oxygens (including phenoxy) is 2. The first-order valence-electron chi connectivity index (χ1n) is 13.6. The molecule has 2 atom stereocenters. The Kier molecular flexibility index (Phi) is 17.6. The Morgan fingerprint density at radius 2 is 1.25 bits per heavy atom. The van der Waals surface area contributed by atoms with Gasteiger partial charge in [-0.2, -0.15) is 0 Å². The Bertz CT molecular complexity index is 832. The summed E-state index contributed by atoms with van der Waals surface area (Å²) in [6, 6.07) is 17.8. The fourth-order valence-corrected chi connectivity index (χ4v) is 3.83. The molecule has 0 aliphatic carbocycles. The molecule has 0 N–H and O–H groups in total. The summed E-state index contributed by atoms with van der Waals surface area (Å²) in [5.41, 5.74) is 1.04. The fourth-order valence-electron chi connectivity index (χ4n) is 3.83. The lowest BCUT2D eigenvalue weighted by molar-refractivity contribution is 0.00162. The predicted octanol–water partition coefficient (Wildman–Crippen LogP) is 8.96. The topological polar surface area (TPSA) is 52.6 Å². The number of hydrogen-bond acceptors (Lipinski definition) is 4. The summed E-state index contributed by atoms with van der Waals surface area (Å²) >= 11 is 0. The van der Waals surface area contributed by atoms with Crippen molar-refractivity contribution in [3.63, 3.8) is 0 Å². The Morgan fingerprint density at radius 1 is 0.750 bits per heavy atom. The van der Waals surface area contributed by atoms with E-state index in [2.05, 4.69) is 13.5 Å². The summed E-state index contributed by atoms with van der Waals surface area (Å²) in [6.45, 7) is 9.82. The van der Waals surface area contributed by atoms with Crippen molar-refractivity contribution in [2.75, 3.05) is 0 Å². The van der Waals surface area contributed by atoms with E-state index in [1.165, 1.54) is 51.4 Å². The first-order chi connectivity index (χ1) is 17.5. The Hall–Kier alpha value is -2.88. The van der Waals surface area contributed by atoms with Crippen LogP contribution < -0.4 is 0 Å². The second kappa shape index (κ2) is 20.3. The Labute approximate surface area is 219 Å². The second-order valence-corrected chi connectivity index (χ2v) is 9.20. The normalized spacial score (nSPS) is 12.0. The van der Waals surface area contributed by atoms with E-state index in [1.807, 2.05) is 32.1 Å². The first kappa shape index (κ1) is 31.2. The molecule has 0 aromatic heterocycles. The zero-order valence-corrected chi connectivity index (χ0v) is 22.6. The van der Waals surface area contributed by atoms with Crippen LogP contribution in [0, 0.1) is 0 Å². The zero-order valence-electron chi connectivity index (χ0n) is 22.6. The number of hydrogen-bond donors (Lipinski definition) is 0. The maximum absolute atomic E-state index is 12.2. The molecule has 2 rings (SSSR count). The van der Waals surface area contributed by atoms with Crippen molar-refractivity contribution in [3.8, 4) is 0 Å². The highest BCUT2D eigenvalue weighted by atomic mass is 16.6. The second-order valence-electron chi connectivity index (χ2n) is 9.20. The van der Waals surface area contributed by atoms with E-state index in [9.17, 15) is 9.59 Å². The number of rotatable bonds is 16. The van der Waals surface area contributed by atoms with Gasteiger partial charge in [0, 0.05) is 6.42 Å². The molecule has 0 heterocycles. The van der Waals surface area contributed by atoms with Crippen LogP contribution in [0.15, 0.2) is 73.3 Å². The lowest BCUT2D eigenvalue weighted by atomic mass is 10.1. The number of unbranched alkanes of at least 4 members (excludes halogenated alkanes) is 7. The molecular formula is C32H46O4. The average molecular weight is 495 g/mol. The van der Waals surface area contributed by atoms with Crippen molar-refractivity contribution >= 4 is 11.9 Å². The van der Waals surface area contributed by atoms with Crippen LogP contribution in [-0.2, 0) is 9.47 Å². The number of carbonyl (C=O) groups excluding carboxylic acids is 2. The maximum Gasteiger partial charge on any atom is 0.338 e. The molecule has 36 heavy (non-hydrogen) atoms. The lowest BCUT2D eigenvalue weighted by Crippen LogP contribution is -2.25. The third-order valence-electron chi connectivity index (χ3n) is 5.82. The summed E-state index contributed by atoms with van der Waals surface area (Å²) in [4.78, 5) is 24.3. The minimum absolute atomic E-state index is 0.281. The van der Waals surface area contributed by atoms with Crippen molar-refractivity contribution < 1.29 is 19.1 Å². The van der Waals surface area contributed by atoms with E-state index in [-0.39, 0.29) is 24.1 Å². The molecule has 0 aliphatic heterocycles. The Balaban J connectivity index is 0.000000497. The molecule has 2 unspecified atom stereocenters. The monoisotopic (exact) mass is 494 g/mol. The van der Waals surface area contributed by atoms with Crippen molar-refractivity contribution in [2.24, 2.45) is 0 Å². The quantitative estimate of drug-likeness (QED) is 0.133. The maximum atomic E-state index is 12.2. The van der Waals surface area contributed by atoms with Gasteiger partial charge in [0.15, 0.2) is 0 Å². The van der Waals surface area contributed by atoms with Crippen LogP contribution >= 0.6 is 0 Å². The molecule has 0 aliphatic rings. The molecule has 4 nitrogen and oxygen atoms in total. The van der Waals surface area contributed by atoms with Crippen LogP contribution in [0.4, 0.5) is 0 Å². The molecular weight excluding hydrogens is 448 g/mol. The fraction of sp³-hybridized carbons (Fsp3) is 0.500. The molecule has 0 spiro atoms. The van der Waals surface area contributed by atoms with E-state index in [1.54, 1.807) is 48.5 Å². The molecule has 4 heteroatoms. The van der Waals surface area contributed by atoms with Gasteiger partial charge in [-0.15, -0.1) is 6.58 Å². The summed E-state index contributed by atoms with van der Waals surface area (Å²) in [7, 11) is 0. The van der Waals surface area contributed by atoms with Crippen molar-refractivity contribution in [2.45, 2.75) is 104 Å². The van der Waals surface area contributed by atoms with Gasteiger partial charge < -0.3 is 9.47 Å². The van der Waals surface area contributed by atoms with Crippen molar-refractivity contribution in [3.05, 3.63) is 84.4 Å². The van der Waals surface area contributed by atoms with Gasteiger partial charge in [-0.3, -0.25) is 0 Å². The molecule has 198 valence electrons. The number of carbonyl (C=O) groups is 2. The third kappa shape index (κ3) is 14.5. The molecule has 0 fully saturated rings. The molecule has 0 amide bonds. The molecule has 0 radical (unpaired) electrons. The van der Waals surface area contributed by atoms with E-state index >= 15 is 0 Å². The lowest BCUT2D eigenvalue weighted by Gasteiger charge is -2.21. The molecule has 0 bridgehead atoms. The van der Waals surface area contributed by atoms with E-state index in [0.29, 0.717) is 17.5 Å². The van der Waals surface area contributed by atoms with Gasteiger partial charge in [0.1, 0.15) is 12.2 Å². The summed E-state index contributed by atoms with van der Waals surface area (Å²) < 4.78 is 11.1. The van der Waals surface area contributed by atoms with Crippen molar-refractivity contribution in [1.82, 2.24) is 0 Å². The van der Waals surface area contributed by atoms with Crippen LogP contribution in [0.5, 0.6) is 0 Å². The van der Waals surface area contributed by atoms with Crippen LogP contribution in [-0.4, -0.2) is 24.1 Å². The smallest absolute Gasteiger partial charge is 0.338 e. The number of allylic oxidation sites excluding steroid dienone is 1. The van der Waals surface area contributed by atoms with Crippen molar-refractivity contribution in [1.29, 1.82) is 0 Å². The number of benzene rings is 2. The first-order valence-corrected chi connectivity index (χ1v) is 13.6. The highest BCUT2D eigenvalue weighted by Gasteiger charge is 2.21. The molecule has 0 saturated heterocycles. The van der Waals surface area contributed by atoms with Gasteiger partial charge in [-0.1, -0.05) is 101 Å². The average Bonchev–Trinajstić information content (AvgIpc) is 2.89. The highest BCUT2D eigenvalue weighted by Crippen LogP contribution is 2.16. The summed E-state index contributed by atoms with van der Waals surface area (Å²) in [5.74, 6) is -0.710. The highest BCUT2D eigenvalue weighted by molar-refractivity contribution is 5.90. The van der Waals surface area contributed by atoms with E-state index in [4.69, 9.17) is 9.47 Å². The standard InChI is InChI=1S/C21H24O4.C11H22/c1-3-10-19(25-21(23)18-13-8-5-9-14-18)15-16(2)24-20(22)17-11-6-4-7-12-17;1-3-5-7-9-11-10-8-6-4-2/h4-9,11-14,16,19H,3,10,15H2,1-2H3;3H,1,4-11H2,2H3. The van der Waals surface area contributed by atoms with Crippen LogP contribution in [0.2, 0.25) is 0 Å². The van der Waals surface area contributed by atoms with Gasteiger partial charge in [-0.05, 0) is 50.5 Å². The zero-order chi connectivity index (χ0) is 26.4. The number of esters is 2. The van der Waals surface area contributed by atoms with E-state index in [0.717, 1.165) is 12.8 Å². The Morgan fingerprint density at radius 3 is 1.75 bits per heavy atom. The van der Waals surface area contributed by atoms with Crippen LogP contribution in [0.3, 0.4) is 0 Å². The van der Waals surface area contributed by atoms with Gasteiger partial charge in [0.25, 0.3) is 0 Å². The van der Waals surface area contributed by atoms with E-state index < -0.39 is 0 Å².